The number of halogens is 1. The number of ether oxygens (including phenoxy) is 1. The summed E-state index contributed by atoms with van der Waals surface area (Å²) in [7, 11) is 1.65. The summed E-state index contributed by atoms with van der Waals surface area (Å²) in [6.45, 7) is 3.27. The third-order valence-corrected chi connectivity index (χ3v) is 5.66. The van der Waals surface area contributed by atoms with Gasteiger partial charge in [0.2, 0.25) is 11.0 Å². The van der Waals surface area contributed by atoms with Gasteiger partial charge in [0.15, 0.2) is 4.34 Å². The zero-order valence-electron chi connectivity index (χ0n) is 12.8. The van der Waals surface area contributed by atoms with E-state index in [0.717, 1.165) is 25.2 Å². The largest absolute Gasteiger partial charge is 0.383 e. The van der Waals surface area contributed by atoms with Gasteiger partial charge in [-0.15, -0.1) is 10.2 Å². The third kappa shape index (κ3) is 6.09. The van der Waals surface area contributed by atoms with Crippen molar-refractivity contribution in [1.29, 1.82) is 0 Å². The zero-order chi connectivity index (χ0) is 16.7. The number of amides is 1. The molecule has 0 unspecified atom stereocenters. The molecule has 1 aromatic heterocycles. The maximum absolute atomic E-state index is 12.0. The molecule has 0 saturated carbocycles. The molecule has 2 aromatic rings. The summed E-state index contributed by atoms with van der Waals surface area (Å²) in [6.07, 6.45) is 0. The Kier molecular flexibility index (Phi) is 7.28. The lowest BCUT2D eigenvalue weighted by Crippen LogP contribution is -2.14. The molecule has 2 rings (SSSR count). The van der Waals surface area contributed by atoms with E-state index in [-0.39, 0.29) is 5.91 Å². The van der Waals surface area contributed by atoms with E-state index in [9.17, 15) is 4.79 Å². The Labute approximate surface area is 151 Å². The first kappa shape index (κ1) is 18.2. The fraction of sp³-hybridized carbons (Fsp3) is 0.357. The minimum absolute atomic E-state index is 0.0687. The zero-order valence-corrected chi connectivity index (χ0v) is 16.0. The molecule has 0 atom stereocenters. The Morgan fingerprint density at radius 3 is 3.00 bits per heavy atom. The molecule has 1 heterocycles. The van der Waals surface area contributed by atoms with E-state index in [4.69, 9.17) is 4.74 Å². The SMILES string of the molecule is COCCNc1nnc(SCC(=O)Nc2ccc(Br)c(C)c2)s1. The summed E-state index contributed by atoms with van der Waals surface area (Å²) in [6, 6.07) is 5.71. The average molecular weight is 417 g/mol. The van der Waals surface area contributed by atoms with Crippen LogP contribution in [0.5, 0.6) is 0 Å². The maximum atomic E-state index is 12.0. The monoisotopic (exact) mass is 416 g/mol. The van der Waals surface area contributed by atoms with E-state index in [1.807, 2.05) is 25.1 Å². The summed E-state index contributed by atoms with van der Waals surface area (Å²) in [5.74, 6) is 0.225. The molecule has 124 valence electrons. The molecule has 0 spiro atoms. The van der Waals surface area contributed by atoms with Gasteiger partial charge in [-0.1, -0.05) is 39.0 Å². The van der Waals surface area contributed by atoms with E-state index in [1.165, 1.54) is 23.1 Å². The first-order valence-electron chi connectivity index (χ1n) is 6.83. The normalized spacial score (nSPS) is 10.6. The Morgan fingerprint density at radius 2 is 2.26 bits per heavy atom. The molecule has 2 N–H and O–H groups in total. The van der Waals surface area contributed by atoms with Crippen LogP contribution in [0.25, 0.3) is 0 Å². The van der Waals surface area contributed by atoms with Gasteiger partial charge in [0, 0.05) is 23.8 Å². The minimum atomic E-state index is -0.0687. The van der Waals surface area contributed by atoms with Crippen LogP contribution in [0.15, 0.2) is 27.0 Å². The molecular weight excluding hydrogens is 400 g/mol. The number of benzene rings is 1. The van der Waals surface area contributed by atoms with Crippen molar-refractivity contribution >= 4 is 55.8 Å². The van der Waals surface area contributed by atoms with Gasteiger partial charge in [-0.25, -0.2) is 0 Å². The lowest BCUT2D eigenvalue weighted by Gasteiger charge is -2.06. The van der Waals surface area contributed by atoms with Crippen LogP contribution < -0.4 is 10.6 Å². The second kappa shape index (κ2) is 9.21. The molecule has 0 radical (unpaired) electrons. The summed E-state index contributed by atoms with van der Waals surface area (Å²) >= 11 is 6.23. The van der Waals surface area contributed by atoms with E-state index in [0.29, 0.717) is 18.9 Å². The topological polar surface area (TPSA) is 76.1 Å². The van der Waals surface area contributed by atoms with E-state index in [1.54, 1.807) is 7.11 Å². The number of carbonyl (C=O) groups is 1. The van der Waals surface area contributed by atoms with Crippen LogP contribution in [0, 0.1) is 6.92 Å². The highest BCUT2D eigenvalue weighted by Gasteiger charge is 2.09. The second-order valence-electron chi connectivity index (χ2n) is 4.59. The molecule has 0 aliphatic rings. The predicted molar refractivity (Wildman–Crippen MR) is 98.5 cm³/mol. The van der Waals surface area contributed by atoms with Crippen molar-refractivity contribution in [3.63, 3.8) is 0 Å². The average Bonchev–Trinajstić information content (AvgIpc) is 2.97. The predicted octanol–water partition coefficient (Wildman–Crippen LogP) is 3.40. The van der Waals surface area contributed by atoms with Crippen LogP contribution in [0.3, 0.4) is 0 Å². The molecule has 0 aliphatic heterocycles. The highest BCUT2D eigenvalue weighted by molar-refractivity contribution is 9.10. The van der Waals surface area contributed by atoms with Gasteiger partial charge in [-0.05, 0) is 30.7 Å². The van der Waals surface area contributed by atoms with Crippen LogP contribution >= 0.6 is 39.0 Å². The Bertz CT molecular complexity index is 666. The summed E-state index contributed by atoms with van der Waals surface area (Å²) in [5, 5.41) is 14.8. The first-order valence-corrected chi connectivity index (χ1v) is 9.43. The van der Waals surface area contributed by atoms with Crippen LogP contribution in [-0.4, -0.2) is 42.1 Å². The number of carbonyl (C=O) groups excluding carboxylic acids is 1. The van der Waals surface area contributed by atoms with Crippen molar-refractivity contribution in [3.05, 3.63) is 28.2 Å². The smallest absolute Gasteiger partial charge is 0.234 e. The first-order chi connectivity index (χ1) is 11.1. The van der Waals surface area contributed by atoms with Crippen molar-refractivity contribution in [1.82, 2.24) is 10.2 Å². The standard InChI is InChI=1S/C14H17BrN4O2S2/c1-9-7-10(3-4-11(9)15)17-12(20)8-22-14-19-18-13(23-14)16-5-6-21-2/h3-4,7H,5-6,8H2,1-2H3,(H,16,18)(H,17,20). The molecule has 1 amide bonds. The molecule has 23 heavy (non-hydrogen) atoms. The number of methoxy groups -OCH3 is 1. The summed E-state index contributed by atoms with van der Waals surface area (Å²) in [5.41, 5.74) is 1.86. The lowest BCUT2D eigenvalue weighted by atomic mass is 10.2. The molecule has 1 aromatic carbocycles. The fourth-order valence-electron chi connectivity index (χ4n) is 1.65. The van der Waals surface area contributed by atoms with Gasteiger partial charge in [0.1, 0.15) is 0 Å². The van der Waals surface area contributed by atoms with Gasteiger partial charge in [0.25, 0.3) is 0 Å². The Hall–Kier alpha value is -1.16. The minimum Gasteiger partial charge on any atom is -0.383 e. The number of rotatable bonds is 8. The van der Waals surface area contributed by atoms with Crippen molar-refractivity contribution in [3.8, 4) is 0 Å². The van der Waals surface area contributed by atoms with Crippen LogP contribution in [-0.2, 0) is 9.53 Å². The van der Waals surface area contributed by atoms with E-state index in [2.05, 4.69) is 36.8 Å². The number of aromatic nitrogens is 2. The Morgan fingerprint density at radius 1 is 1.43 bits per heavy atom. The van der Waals surface area contributed by atoms with Gasteiger partial charge in [-0.3, -0.25) is 4.79 Å². The van der Waals surface area contributed by atoms with Gasteiger partial charge in [0.05, 0.1) is 12.4 Å². The van der Waals surface area contributed by atoms with E-state index >= 15 is 0 Å². The van der Waals surface area contributed by atoms with Gasteiger partial charge < -0.3 is 15.4 Å². The lowest BCUT2D eigenvalue weighted by molar-refractivity contribution is -0.113. The van der Waals surface area contributed by atoms with Crippen molar-refractivity contribution < 1.29 is 9.53 Å². The van der Waals surface area contributed by atoms with Crippen LogP contribution in [0.1, 0.15) is 5.56 Å². The summed E-state index contributed by atoms with van der Waals surface area (Å²) < 4.78 is 6.73. The number of nitrogens with one attached hydrogen (secondary N) is 2. The van der Waals surface area contributed by atoms with Crippen LogP contribution in [0.4, 0.5) is 10.8 Å². The molecular formula is C14H17BrN4O2S2. The molecule has 0 saturated heterocycles. The molecule has 0 aliphatic carbocycles. The number of thioether (sulfide) groups is 1. The van der Waals surface area contributed by atoms with Gasteiger partial charge >= 0.3 is 0 Å². The van der Waals surface area contributed by atoms with Crippen molar-refractivity contribution in [2.75, 3.05) is 36.6 Å². The number of hydrogen-bond donors (Lipinski definition) is 2. The van der Waals surface area contributed by atoms with Crippen molar-refractivity contribution in [2.45, 2.75) is 11.3 Å². The Balaban J connectivity index is 1.78. The molecule has 0 fully saturated rings. The number of anilines is 2. The molecule has 6 nitrogen and oxygen atoms in total. The van der Waals surface area contributed by atoms with E-state index < -0.39 is 0 Å². The van der Waals surface area contributed by atoms with Crippen molar-refractivity contribution in [2.24, 2.45) is 0 Å². The van der Waals surface area contributed by atoms with Gasteiger partial charge in [-0.2, -0.15) is 0 Å². The number of hydrogen-bond acceptors (Lipinski definition) is 7. The second-order valence-corrected chi connectivity index (χ2v) is 7.65. The van der Waals surface area contributed by atoms with Crippen LogP contribution in [0.2, 0.25) is 0 Å². The highest BCUT2D eigenvalue weighted by Crippen LogP contribution is 2.25. The number of nitrogens with zero attached hydrogens (tertiary/aromatic N) is 2. The molecule has 9 heteroatoms. The fourth-order valence-corrected chi connectivity index (χ4v) is 3.47. The quantitative estimate of drug-likeness (QED) is 0.507. The summed E-state index contributed by atoms with van der Waals surface area (Å²) in [4.78, 5) is 12.0. The third-order valence-electron chi connectivity index (χ3n) is 2.76. The molecule has 0 bridgehead atoms. The highest BCUT2D eigenvalue weighted by atomic mass is 79.9. The number of aryl methyl sites for hydroxylation is 1. The maximum Gasteiger partial charge on any atom is 0.234 e.